The minimum absolute atomic E-state index is 0.156. The van der Waals surface area contributed by atoms with Gasteiger partial charge in [0.2, 0.25) is 15.9 Å². The summed E-state index contributed by atoms with van der Waals surface area (Å²) in [6.45, 7) is 4.27. The standard InChI is InChI=1S/C14H19NO3S/c1-9(2)10-4-6-11(7-5-10)12-8-13(12)14(16)15-19(3,17)18/h4-7,9,12-13H,8H2,1-3H3,(H,15,16)/t12-,13+/m0/s1. The molecule has 1 amide bonds. The van der Waals surface area contributed by atoms with Crippen LogP contribution in [0.2, 0.25) is 0 Å². The van der Waals surface area contributed by atoms with Crippen molar-refractivity contribution in [3.63, 3.8) is 0 Å². The molecule has 1 aromatic rings. The van der Waals surface area contributed by atoms with Gasteiger partial charge in [0, 0.05) is 5.92 Å². The zero-order valence-electron chi connectivity index (χ0n) is 11.4. The third-order valence-corrected chi connectivity index (χ3v) is 4.02. The number of carbonyl (C=O) groups excluding carboxylic acids is 1. The van der Waals surface area contributed by atoms with Crippen LogP contribution in [0.25, 0.3) is 0 Å². The molecular formula is C14H19NO3S. The molecule has 1 aliphatic carbocycles. The van der Waals surface area contributed by atoms with Crippen LogP contribution in [0.15, 0.2) is 24.3 Å². The van der Waals surface area contributed by atoms with Crippen molar-refractivity contribution in [1.29, 1.82) is 0 Å². The molecule has 1 aromatic carbocycles. The molecule has 0 radical (unpaired) electrons. The Morgan fingerprint density at radius 3 is 2.32 bits per heavy atom. The Hall–Kier alpha value is -1.36. The SMILES string of the molecule is CC(C)c1ccc([C@@H]2C[C@H]2C(=O)NS(C)(=O)=O)cc1. The van der Waals surface area contributed by atoms with Gasteiger partial charge in [0.25, 0.3) is 0 Å². The molecule has 1 aliphatic rings. The van der Waals surface area contributed by atoms with E-state index in [1.807, 2.05) is 16.9 Å². The summed E-state index contributed by atoms with van der Waals surface area (Å²) in [6, 6.07) is 8.22. The lowest BCUT2D eigenvalue weighted by molar-refractivity contribution is -0.120. The van der Waals surface area contributed by atoms with E-state index in [4.69, 9.17) is 0 Å². The van der Waals surface area contributed by atoms with E-state index in [9.17, 15) is 13.2 Å². The van der Waals surface area contributed by atoms with Gasteiger partial charge < -0.3 is 0 Å². The number of hydrogen-bond donors (Lipinski definition) is 1. The van der Waals surface area contributed by atoms with Crippen LogP contribution in [-0.4, -0.2) is 20.6 Å². The molecule has 4 nitrogen and oxygen atoms in total. The second kappa shape index (κ2) is 4.96. The molecule has 0 saturated heterocycles. The second-order valence-electron chi connectivity index (χ2n) is 5.51. The van der Waals surface area contributed by atoms with Crippen molar-refractivity contribution >= 4 is 15.9 Å². The lowest BCUT2D eigenvalue weighted by Crippen LogP contribution is -2.30. The Morgan fingerprint density at radius 2 is 1.84 bits per heavy atom. The average molecular weight is 281 g/mol. The highest BCUT2D eigenvalue weighted by molar-refractivity contribution is 7.89. The van der Waals surface area contributed by atoms with Crippen LogP contribution < -0.4 is 4.72 Å². The number of carbonyl (C=O) groups is 1. The summed E-state index contributed by atoms with van der Waals surface area (Å²) in [5.74, 6) is 0.0422. The lowest BCUT2D eigenvalue weighted by Gasteiger charge is -2.07. The zero-order chi connectivity index (χ0) is 14.2. The van der Waals surface area contributed by atoms with E-state index < -0.39 is 10.0 Å². The summed E-state index contributed by atoms with van der Waals surface area (Å²) in [5, 5.41) is 0. The van der Waals surface area contributed by atoms with E-state index in [1.165, 1.54) is 5.56 Å². The number of benzene rings is 1. The third-order valence-electron chi connectivity index (χ3n) is 3.44. The van der Waals surface area contributed by atoms with Gasteiger partial charge in [-0.1, -0.05) is 38.1 Å². The number of sulfonamides is 1. The maximum absolute atomic E-state index is 11.7. The molecule has 2 atom stereocenters. The van der Waals surface area contributed by atoms with E-state index in [-0.39, 0.29) is 17.7 Å². The smallest absolute Gasteiger partial charge is 0.237 e. The Bertz CT molecular complexity index is 575. The minimum atomic E-state index is -3.45. The normalized spacial score (nSPS) is 22.3. The van der Waals surface area contributed by atoms with Crippen molar-refractivity contribution in [3.8, 4) is 0 Å². The molecule has 19 heavy (non-hydrogen) atoms. The molecule has 0 heterocycles. The average Bonchev–Trinajstić information content (AvgIpc) is 3.06. The van der Waals surface area contributed by atoms with Crippen molar-refractivity contribution in [3.05, 3.63) is 35.4 Å². The highest BCUT2D eigenvalue weighted by Crippen LogP contribution is 2.47. The first-order valence-corrected chi connectivity index (χ1v) is 8.28. The maximum Gasteiger partial charge on any atom is 0.237 e. The van der Waals surface area contributed by atoms with Gasteiger partial charge in [0.05, 0.1) is 6.26 Å². The highest BCUT2D eigenvalue weighted by atomic mass is 32.2. The Kier molecular flexibility index (Phi) is 3.67. The quantitative estimate of drug-likeness (QED) is 0.918. The number of amides is 1. The van der Waals surface area contributed by atoms with Gasteiger partial charge in [0.15, 0.2) is 0 Å². The van der Waals surface area contributed by atoms with Gasteiger partial charge in [0.1, 0.15) is 0 Å². The van der Waals surface area contributed by atoms with Crippen molar-refractivity contribution in [2.45, 2.75) is 32.1 Å². The van der Waals surface area contributed by atoms with Crippen LogP contribution in [0, 0.1) is 5.92 Å². The highest BCUT2D eigenvalue weighted by Gasteiger charge is 2.44. The van der Waals surface area contributed by atoms with E-state index in [1.54, 1.807) is 0 Å². The monoisotopic (exact) mass is 281 g/mol. The molecule has 1 fully saturated rings. The van der Waals surface area contributed by atoms with Gasteiger partial charge in [-0.3, -0.25) is 9.52 Å². The fourth-order valence-electron chi connectivity index (χ4n) is 2.24. The van der Waals surface area contributed by atoms with Crippen LogP contribution in [0.5, 0.6) is 0 Å². The lowest BCUT2D eigenvalue weighted by atomic mass is 10.00. The van der Waals surface area contributed by atoms with Crippen LogP contribution in [0.3, 0.4) is 0 Å². The van der Waals surface area contributed by atoms with Crippen molar-refractivity contribution < 1.29 is 13.2 Å². The Balaban J connectivity index is 2.01. The van der Waals surface area contributed by atoms with Crippen molar-refractivity contribution in [2.75, 3.05) is 6.26 Å². The molecule has 5 heteroatoms. The molecule has 1 N–H and O–H groups in total. The van der Waals surface area contributed by atoms with Crippen LogP contribution >= 0.6 is 0 Å². The van der Waals surface area contributed by atoms with E-state index in [0.717, 1.165) is 18.2 Å². The summed E-state index contributed by atoms with van der Waals surface area (Å²) >= 11 is 0. The Labute approximate surface area is 114 Å². The van der Waals surface area contributed by atoms with E-state index >= 15 is 0 Å². The fourth-order valence-corrected chi connectivity index (χ4v) is 2.76. The van der Waals surface area contributed by atoms with Crippen LogP contribution in [-0.2, 0) is 14.8 Å². The molecule has 0 aromatic heterocycles. The van der Waals surface area contributed by atoms with Crippen LogP contribution in [0.1, 0.15) is 43.2 Å². The molecule has 1 saturated carbocycles. The minimum Gasteiger partial charge on any atom is -0.274 e. The van der Waals surface area contributed by atoms with Gasteiger partial charge in [-0.25, -0.2) is 8.42 Å². The second-order valence-corrected chi connectivity index (χ2v) is 7.26. The van der Waals surface area contributed by atoms with Gasteiger partial charge in [-0.05, 0) is 29.4 Å². The summed E-state index contributed by atoms with van der Waals surface area (Å²) in [4.78, 5) is 11.7. The Morgan fingerprint density at radius 1 is 1.26 bits per heavy atom. The van der Waals surface area contributed by atoms with E-state index in [0.29, 0.717) is 5.92 Å². The molecule has 104 valence electrons. The zero-order valence-corrected chi connectivity index (χ0v) is 12.2. The number of hydrogen-bond acceptors (Lipinski definition) is 3. The first-order chi connectivity index (χ1) is 8.78. The van der Waals surface area contributed by atoms with Crippen molar-refractivity contribution in [1.82, 2.24) is 4.72 Å². The molecule has 0 unspecified atom stereocenters. The third kappa shape index (κ3) is 3.56. The van der Waals surface area contributed by atoms with Crippen molar-refractivity contribution in [2.24, 2.45) is 5.92 Å². The van der Waals surface area contributed by atoms with Gasteiger partial charge >= 0.3 is 0 Å². The van der Waals surface area contributed by atoms with Gasteiger partial charge in [-0.15, -0.1) is 0 Å². The predicted octanol–water partition coefficient (Wildman–Crippen LogP) is 1.99. The molecular weight excluding hydrogens is 262 g/mol. The largest absolute Gasteiger partial charge is 0.274 e. The number of nitrogens with one attached hydrogen (secondary N) is 1. The maximum atomic E-state index is 11.7. The molecule has 0 bridgehead atoms. The molecule has 0 aliphatic heterocycles. The molecule has 2 rings (SSSR count). The molecule has 0 spiro atoms. The first-order valence-electron chi connectivity index (χ1n) is 6.39. The van der Waals surface area contributed by atoms with Gasteiger partial charge in [-0.2, -0.15) is 0 Å². The summed E-state index contributed by atoms with van der Waals surface area (Å²) in [5.41, 5.74) is 2.37. The van der Waals surface area contributed by atoms with Crippen LogP contribution in [0.4, 0.5) is 0 Å². The summed E-state index contributed by atoms with van der Waals surface area (Å²) < 4.78 is 24.1. The summed E-state index contributed by atoms with van der Waals surface area (Å²) in [6.07, 6.45) is 1.72. The predicted molar refractivity (Wildman–Crippen MR) is 74.4 cm³/mol. The number of rotatable bonds is 4. The first kappa shape index (κ1) is 14.1. The fraction of sp³-hybridized carbons (Fsp3) is 0.500. The summed E-state index contributed by atoms with van der Waals surface area (Å²) in [7, 11) is -3.45. The van der Waals surface area contributed by atoms with E-state index in [2.05, 4.69) is 26.0 Å². The topological polar surface area (TPSA) is 63.2 Å².